The number of allylic oxidation sites excluding steroid dienone is 2. The van der Waals surface area contributed by atoms with Gasteiger partial charge in [-0.3, -0.25) is 14.4 Å². The fraction of sp³-hybridized carbons (Fsp3) is 0.821. The summed E-state index contributed by atoms with van der Waals surface area (Å²) in [6.07, 6.45) is 9.50. The molecule has 0 aromatic rings. The number of carboxylic acid groups (broad SMARTS) is 1. The predicted molar refractivity (Wildman–Crippen MR) is 132 cm³/mol. The number of hydrogen-bond acceptors (Lipinski definition) is 4. The van der Waals surface area contributed by atoms with Crippen LogP contribution in [0.5, 0.6) is 0 Å². The van der Waals surface area contributed by atoms with E-state index in [9.17, 15) is 14.4 Å². The van der Waals surface area contributed by atoms with E-state index in [1.807, 2.05) is 11.0 Å². The van der Waals surface area contributed by atoms with Crippen LogP contribution in [0.1, 0.15) is 85.5 Å². The molecule has 3 aliphatic carbocycles. The fourth-order valence-electron chi connectivity index (χ4n) is 8.37. The molecule has 1 unspecified atom stereocenters. The Balaban J connectivity index is 1.60. The summed E-state index contributed by atoms with van der Waals surface area (Å²) in [5.41, 5.74) is 1.27. The van der Waals surface area contributed by atoms with Crippen LogP contribution in [0.3, 0.4) is 0 Å². The number of carboxylic acids is 1. The van der Waals surface area contributed by atoms with Gasteiger partial charge in [-0.05, 0) is 82.0 Å². The average Bonchev–Trinajstić information content (AvgIpc) is 3.15. The van der Waals surface area contributed by atoms with Crippen molar-refractivity contribution in [3.05, 3.63) is 11.8 Å². The number of amides is 1. The third kappa shape index (κ3) is 4.19. The Morgan fingerprint density at radius 1 is 1.09 bits per heavy atom. The summed E-state index contributed by atoms with van der Waals surface area (Å²) in [5.74, 6) is 1.59. The van der Waals surface area contributed by atoms with Crippen LogP contribution in [0, 0.1) is 34.5 Å². The number of carbonyl (C=O) groups is 3. The van der Waals surface area contributed by atoms with Crippen molar-refractivity contribution in [3.8, 4) is 0 Å². The number of fused-ring (bicyclic) bond motifs is 5. The Morgan fingerprint density at radius 3 is 2.50 bits per heavy atom. The zero-order valence-electron chi connectivity index (χ0n) is 21.6. The van der Waals surface area contributed by atoms with Crippen molar-refractivity contribution < 1.29 is 19.5 Å². The molecule has 4 rings (SSSR count). The Hall–Kier alpha value is -1.85. The Kier molecular flexibility index (Phi) is 7.17. The van der Waals surface area contributed by atoms with E-state index in [-0.39, 0.29) is 29.0 Å². The standard InChI is InChI=1S/C28H44N2O4/c1-5-29(6-2)26(34)23-11-10-21-20-18-30(16-8-7-9-25(32)33)24-17-19(31)12-14-28(24,4)22(20)13-15-27(21,23)3/h17,20-23H,5-16,18H2,1-4H3,(H,32,33)/t20-,21-,22+,23?,27-,28+/m0/s1. The number of hydrogen-bond donors (Lipinski definition) is 1. The lowest BCUT2D eigenvalue weighted by Gasteiger charge is -2.61. The minimum atomic E-state index is -0.742. The van der Waals surface area contributed by atoms with Crippen molar-refractivity contribution in [2.75, 3.05) is 26.2 Å². The molecule has 34 heavy (non-hydrogen) atoms. The molecule has 6 heteroatoms. The minimum Gasteiger partial charge on any atom is -0.481 e. The zero-order chi connectivity index (χ0) is 24.7. The molecule has 1 saturated heterocycles. The first-order valence-electron chi connectivity index (χ1n) is 13.7. The lowest BCUT2D eigenvalue weighted by Crippen LogP contribution is -2.58. The Bertz CT molecular complexity index is 849. The number of rotatable bonds is 8. The highest BCUT2D eigenvalue weighted by atomic mass is 16.4. The maximum atomic E-state index is 13.5. The fourth-order valence-corrected chi connectivity index (χ4v) is 8.37. The number of ketones is 1. The number of carbonyl (C=O) groups excluding carboxylic acids is 2. The smallest absolute Gasteiger partial charge is 0.303 e. The van der Waals surface area contributed by atoms with E-state index < -0.39 is 5.97 Å². The van der Waals surface area contributed by atoms with Gasteiger partial charge in [0.15, 0.2) is 5.78 Å². The summed E-state index contributed by atoms with van der Waals surface area (Å²) in [6.45, 7) is 12.2. The van der Waals surface area contributed by atoms with E-state index in [0.717, 1.165) is 64.7 Å². The topological polar surface area (TPSA) is 77.9 Å². The van der Waals surface area contributed by atoms with Gasteiger partial charge >= 0.3 is 5.97 Å². The van der Waals surface area contributed by atoms with Crippen LogP contribution < -0.4 is 0 Å². The molecule has 0 aromatic carbocycles. The van der Waals surface area contributed by atoms with Crippen LogP contribution in [0.15, 0.2) is 11.8 Å². The molecule has 6 atom stereocenters. The van der Waals surface area contributed by atoms with Crippen molar-refractivity contribution in [2.24, 2.45) is 34.5 Å². The van der Waals surface area contributed by atoms with Gasteiger partial charge in [-0.25, -0.2) is 0 Å². The normalized spacial score (nSPS) is 36.9. The number of likely N-dealkylation sites (tertiary alicyclic amines) is 1. The van der Waals surface area contributed by atoms with Gasteiger partial charge in [0.2, 0.25) is 5.91 Å². The molecule has 1 N–H and O–H groups in total. The number of piperidine rings is 1. The van der Waals surface area contributed by atoms with E-state index >= 15 is 0 Å². The molecule has 0 spiro atoms. The van der Waals surface area contributed by atoms with Crippen LogP contribution in [-0.2, 0) is 14.4 Å². The largest absolute Gasteiger partial charge is 0.481 e. The third-order valence-corrected chi connectivity index (χ3v) is 10.2. The molecule has 0 radical (unpaired) electrons. The first-order valence-corrected chi connectivity index (χ1v) is 13.7. The maximum absolute atomic E-state index is 13.5. The van der Waals surface area contributed by atoms with E-state index in [1.54, 1.807) is 0 Å². The van der Waals surface area contributed by atoms with Gasteiger partial charge in [0, 0.05) is 62.1 Å². The van der Waals surface area contributed by atoms with Gasteiger partial charge in [-0.15, -0.1) is 0 Å². The molecule has 0 aromatic heterocycles. The summed E-state index contributed by atoms with van der Waals surface area (Å²) in [5, 5.41) is 9.04. The van der Waals surface area contributed by atoms with Crippen molar-refractivity contribution in [1.29, 1.82) is 0 Å². The third-order valence-electron chi connectivity index (χ3n) is 10.2. The SMILES string of the molecule is CCN(CC)C(=O)C1CC[C@H]2[C@@H]3CN(CCCCC(=O)O)C4=CC(=O)CC[C@]4(C)[C@@H]3CC[C@]12C. The summed E-state index contributed by atoms with van der Waals surface area (Å²) in [6, 6.07) is 0. The Labute approximate surface area is 205 Å². The molecule has 190 valence electrons. The second-order valence-electron chi connectivity index (χ2n) is 11.8. The molecule has 4 aliphatic rings. The van der Waals surface area contributed by atoms with E-state index in [0.29, 0.717) is 36.5 Å². The minimum absolute atomic E-state index is 0.00588. The van der Waals surface area contributed by atoms with E-state index in [2.05, 4.69) is 32.6 Å². The van der Waals surface area contributed by atoms with Crippen LogP contribution in [0.25, 0.3) is 0 Å². The van der Waals surface area contributed by atoms with Crippen molar-refractivity contribution in [1.82, 2.24) is 9.80 Å². The highest BCUT2D eigenvalue weighted by Gasteiger charge is 2.61. The first-order chi connectivity index (χ1) is 16.2. The number of aliphatic carboxylic acids is 1. The average molecular weight is 473 g/mol. The molecule has 1 amide bonds. The summed E-state index contributed by atoms with van der Waals surface area (Å²) in [4.78, 5) is 41.4. The van der Waals surface area contributed by atoms with Crippen molar-refractivity contribution >= 4 is 17.7 Å². The number of unbranched alkanes of at least 4 members (excludes halogenated alkanes) is 1. The van der Waals surface area contributed by atoms with Crippen molar-refractivity contribution in [2.45, 2.75) is 85.5 Å². The summed E-state index contributed by atoms with van der Waals surface area (Å²) in [7, 11) is 0. The second kappa shape index (κ2) is 9.66. The van der Waals surface area contributed by atoms with Gasteiger partial charge < -0.3 is 14.9 Å². The van der Waals surface area contributed by atoms with Crippen molar-refractivity contribution in [3.63, 3.8) is 0 Å². The van der Waals surface area contributed by atoms with Gasteiger partial charge in [-0.1, -0.05) is 13.8 Å². The van der Waals surface area contributed by atoms with Crippen LogP contribution >= 0.6 is 0 Å². The van der Waals surface area contributed by atoms with Gasteiger partial charge in [0.1, 0.15) is 0 Å². The Morgan fingerprint density at radius 2 is 1.82 bits per heavy atom. The lowest BCUT2D eigenvalue weighted by atomic mass is 9.49. The van der Waals surface area contributed by atoms with Crippen LogP contribution in [0.2, 0.25) is 0 Å². The molecule has 1 heterocycles. The molecule has 1 aliphatic heterocycles. The lowest BCUT2D eigenvalue weighted by molar-refractivity contribution is -0.144. The maximum Gasteiger partial charge on any atom is 0.303 e. The molecular weight excluding hydrogens is 428 g/mol. The molecule has 3 fully saturated rings. The molecule has 0 bridgehead atoms. The molecule has 6 nitrogen and oxygen atoms in total. The molecular formula is C28H44N2O4. The number of nitrogens with zero attached hydrogens (tertiary/aromatic N) is 2. The first kappa shape index (κ1) is 25.2. The van der Waals surface area contributed by atoms with Crippen LogP contribution in [-0.4, -0.2) is 58.7 Å². The van der Waals surface area contributed by atoms with Gasteiger partial charge in [-0.2, -0.15) is 0 Å². The highest BCUT2D eigenvalue weighted by molar-refractivity contribution is 5.91. The second-order valence-corrected chi connectivity index (χ2v) is 11.8. The highest BCUT2D eigenvalue weighted by Crippen LogP contribution is 2.65. The quantitative estimate of drug-likeness (QED) is 0.517. The van der Waals surface area contributed by atoms with Gasteiger partial charge in [0.25, 0.3) is 0 Å². The predicted octanol–water partition coefficient (Wildman–Crippen LogP) is 4.74. The van der Waals surface area contributed by atoms with Gasteiger partial charge in [0.05, 0.1) is 0 Å². The molecule has 2 saturated carbocycles. The summed E-state index contributed by atoms with van der Waals surface area (Å²) < 4.78 is 0. The summed E-state index contributed by atoms with van der Waals surface area (Å²) >= 11 is 0. The van der Waals surface area contributed by atoms with Crippen LogP contribution in [0.4, 0.5) is 0 Å². The van der Waals surface area contributed by atoms with E-state index in [1.165, 1.54) is 5.70 Å². The zero-order valence-corrected chi connectivity index (χ0v) is 21.6. The monoisotopic (exact) mass is 472 g/mol. The van der Waals surface area contributed by atoms with E-state index in [4.69, 9.17) is 5.11 Å².